The molecule has 0 spiro atoms. The molecule has 1 amide bonds. The fraction of sp³-hybridized carbons (Fsp3) is 0.207. The number of aromatic carboxylic acids is 1. The van der Waals surface area contributed by atoms with Crippen LogP contribution in [0, 0.1) is 10.5 Å². The molecule has 0 bridgehead atoms. The number of aryl methyl sites for hydroxylation is 1. The van der Waals surface area contributed by atoms with Crippen molar-refractivity contribution in [1.82, 2.24) is 20.2 Å². The quantitative estimate of drug-likeness (QED) is 0.0794. The van der Waals surface area contributed by atoms with E-state index in [0.717, 1.165) is 20.5 Å². The van der Waals surface area contributed by atoms with Gasteiger partial charge in [-0.15, -0.1) is 10.2 Å². The Labute approximate surface area is 260 Å². The first-order valence-corrected chi connectivity index (χ1v) is 14.7. The average Bonchev–Trinajstić information content (AvgIpc) is 3.38. The molecule has 0 aliphatic carbocycles. The van der Waals surface area contributed by atoms with E-state index in [2.05, 4.69) is 54.7 Å². The fourth-order valence-corrected chi connectivity index (χ4v) is 5.59. The molecular weight excluding hydrogens is 671 g/mol. The number of methoxy groups -OCH3 is 2. The highest BCUT2D eigenvalue weighted by Gasteiger charge is 2.22. The fourth-order valence-electron chi connectivity index (χ4n) is 4.07. The molecule has 3 aromatic carbocycles. The second-order valence-corrected chi connectivity index (χ2v) is 11.5. The molecule has 0 saturated heterocycles. The van der Waals surface area contributed by atoms with Crippen molar-refractivity contribution in [2.75, 3.05) is 19.5 Å². The number of rotatable bonds is 12. The van der Waals surface area contributed by atoms with Crippen molar-refractivity contribution in [1.29, 1.82) is 0 Å². The van der Waals surface area contributed by atoms with Gasteiger partial charge in [0.25, 0.3) is 5.91 Å². The summed E-state index contributed by atoms with van der Waals surface area (Å²) in [4.78, 5) is 24.8. The lowest BCUT2D eigenvalue weighted by molar-refractivity contribution is -0.120. The highest BCUT2D eigenvalue weighted by Crippen LogP contribution is 2.33. The maximum absolute atomic E-state index is 12.9. The number of benzene rings is 3. The molecule has 1 heterocycles. The number of carboxylic acids is 1. The van der Waals surface area contributed by atoms with Gasteiger partial charge in [-0.25, -0.2) is 10.2 Å². The first-order valence-electron chi connectivity index (χ1n) is 12.7. The Morgan fingerprint density at radius 1 is 1.12 bits per heavy atom. The Morgan fingerprint density at radius 2 is 1.88 bits per heavy atom. The van der Waals surface area contributed by atoms with Crippen molar-refractivity contribution in [3.63, 3.8) is 0 Å². The molecule has 0 radical (unpaired) electrons. The van der Waals surface area contributed by atoms with E-state index in [4.69, 9.17) is 9.47 Å². The molecule has 0 saturated carbocycles. The summed E-state index contributed by atoms with van der Waals surface area (Å²) < 4.78 is 13.5. The number of anilines is 1. The minimum atomic E-state index is -1.22. The molecule has 4 rings (SSSR count). The Kier molecular flexibility index (Phi) is 10.4. The smallest absolute Gasteiger partial charge is 0.340 e. The minimum Gasteiger partial charge on any atom is -0.493 e. The number of amides is 1. The van der Waals surface area contributed by atoms with Crippen LogP contribution in [0.5, 0.6) is 11.5 Å². The molecule has 1 unspecified atom stereocenters. The number of aromatic nitrogens is 3. The van der Waals surface area contributed by atoms with E-state index in [1.54, 1.807) is 13.0 Å². The summed E-state index contributed by atoms with van der Waals surface area (Å²) in [6, 6.07) is 18.9. The molecule has 3 N–H and O–H groups in total. The maximum Gasteiger partial charge on any atom is 0.340 e. The number of halogens is 1. The normalized spacial score (nSPS) is 11.7. The standard InChI is InChI=1S/C29H29IN6O5S/c1-17-14-20(30)11-12-22(17)31-16-24-33-35-29(36(24)21-8-6-5-7-9-21)42-18(2)27(37)34-32-15-19-10-13-23(40-3)26(41-4)25(19)28(38)39/h5-15,18,31H,16H2,1-4H3,(H,34,37)(H,38,39). The van der Waals surface area contributed by atoms with Crippen LogP contribution >= 0.6 is 34.4 Å². The summed E-state index contributed by atoms with van der Waals surface area (Å²) >= 11 is 3.51. The van der Waals surface area contributed by atoms with Gasteiger partial charge < -0.3 is 19.9 Å². The van der Waals surface area contributed by atoms with Gasteiger partial charge in [0.1, 0.15) is 5.56 Å². The lowest BCUT2D eigenvalue weighted by Gasteiger charge is -2.14. The number of hydrogen-bond acceptors (Lipinski definition) is 9. The first-order chi connectivity index (χ1) is 20.2. The summed E-state index contributed by atoms with van der Waals surface area (Å²) in [5.41, 5.74) is 5.57. The monoisotopic (exact) mass is 700 g/mol. The van der Waals surface area contributed by atoms with Crippen molar-refractivity contribution in [2.24, 2.45) is 5.10 Å². The summed E-state index contributed by atoms with van der Waals surface area (Å²) in [5.74, 6) is -0.601. The third-order valence-corrected chi connectivity index (χ3v) is 7.88. The van der Waals surface area contributed by atoms with E-state index < -0.39 is 17.1 Å². The van der Waals surface area contributed by atoms with Gasteiger partial charge in [0, 0.05) is 20.5 Å². The molecule has 0 fully saturated rings. The average molecular weight is 701 g/mol. The number of carbonyl (C=O) groups excluding carboxylic acids is 1. The number of ether oxygens (including phenoxy) is 2. The number of para-hydroxylation sites is 1. The largest absolute Gasteiger partial charge is 0.493 e. The van der Waals surface area contributed by atoms with Gasteiger partial charge in [-0.05, 0) is 84.5 Å². The van der Waals surface area contributed by atoms with Gasteiger partial charge in [0.2, 0.25) is 0 Å². The van der Waals surface area contributed by atoms with Crippen LogP contribution in [0.15, 0.2) is 70.9 Å². The second-order valence-electron chi connectivity index (χ2n) is 8.95. The van der Waals surface area contributed by atoms with Crippen molar-refractivity contribution in [3.8, 4) is 17.2 Å². The SMILES string of the molecule is COc1ccc(C=NNC(=O)C(C)Sc2nnc(CNc3ccc(I)cc3C)n2-c2ccccc2)c(C(=O)O)c1OC. The predicted molar refractivity (Wildman–Crippen MR) is 170 cm³/mol. The predicted octanol–water partition coefficient (Wildman–Crippen LogP) is 5.14. The van der Waals surface area contributed by atoms with Crippen molar-refractivity contribution in [3.05, 3.63) is 86.7 Å². The van der Waals surface area contributed by atoms with Gasteiger partial charge in [0.15, 0.2) is 22.5 Å². The van der Waals surface area contributed by atoms with Gasteiger partial charge in [-0.1, -0.05) is 30.0 Å². The van der Waals surface area contributed by atoms with E-state index in [1.165, 1.54) is 38.3 Å². The van der Waals surface area contributed by atoms with Crippen LogP contribution in [-0.4, -0.2) is 57.4 Å². The first kappa shape index (κ1) is 30.8. The van der Waals surface area contributed by atoms with Gasteiger partial charge in [-0.2, -0.15) is 5.10 Å². The number of carbonyl (C=O) groups is 2. The molecule has 11 nitrogen and oxygen atoms in total. The number of carboxylic acid groups (broad SMARTS) is 1. The summed E-state index contributed by atoms with van der Waals surface area (Å²) in [7, 11) is 2.77. The second kappa shape index (κ2) is 14.2. The zero-order chi connectivity index (χ0) is 30.2. The van der Waals surface area contributed by atoms with E-state index in [9.17, 15) is 14.7 Å². The number of nitrogens with one attached hydrogen (secondary N) is 2. The molecule has 1 aromatic heterocycles. The third-order valence-electron chi connectivity index (χ3n) is 6.16. The molecule has 0 aliphatic rings. The Hall–Kier alpha value is -4.11. The Morgan fingerprint density at radius 3 is 2.55 bits per heavy atom. The summed E-state index contributed by atoms with van der Waals surface area (Å²) in [6.07, 6.45) is 1.25. The molecule has 1 atom stereocenters. The molecule has 42 heavy (non-hydrogen) atoms. The van der Waals surface area contributed by atoms with Gasteiger partial charge in [-0.3, -0.25) is 9.36 Å². The highest BCUT2D eigenvalue weighted by atomic mass is 127. The van der Waals surface area contributed by atoms with E-state index in [1.807, 2.05) is 54.0 Å². The van der Waals surface area contributed by atoms with Crippen molar-refractivity contribution < 1.29 is 24.2 Å². The Bertz CT molecular complexity index is 1610. The summed E-state index contributed by atoms with van der Waals surface area (Å²) in [5, 5.41) is 25.9. The Balaban J connectivity index is 1.50. The highest BCUT2D eigenvalue weighted by molar-refractivity contribution is 14.1. The minimum absolute atomic E-state index is 0.0620. The van der Waals surface area contributed by atoms with Crippen LogP contribution in [0.1, 0.15) is 34.2 Å². The lowest BCUT2D eigenvalue weighted by Crippen LogP contribution is -2.27. The van der Waals surface area contributed by atoms with Crippen LogP contribution in [-0.2, 0) is 11.3 Å². The zero-order valence-electron chi connectivity index (χ0n) is 23.3. The van der Waals surface area contributed by atoms with E-state index >= 15 is 0 Å². The van der Waals surface area contributed by atoms with Crippen LogP contribution < -0.4 is 20.2 Å². The third kappa shape index (κ3) is 7.20. The van der Waals surface area contributed by atoms with E-state index in [0.29, 0.717) is 17.5 Å². The topological polar surface area (TPSA) is 140 Å². The van der Waals surface area contributed by atoms with Crippen LogP contribution in [0.3, 0.4) is 0 Å². The van der Waals surface area contributed by atoms with Crippen LogP contribution in [0.2, 0.25) is 0 Å². The van der Waals surface area contributed by atoms with Gasteiger partial charge >= 0.3 is 5.97 Å². The van der Waals surface area contributed by atoms with E-state index in [-0.39, 0.29) is 22.6 Å². The number of hydrogen-bond donors (Lipinski definition) is 3. The number of nitrogens with zero attached hydrogens (tertiary/aromatic N) is 4. The lowest BCUT2D eigenvalue weighted by atomic mass is 10.1. The molecule has 13 heteroatoms. The zero-order valence-corrected chi connectivity index (χ0v) is 26.3. The van der Waals surface area contributed by atoms with Gasteiger partial charge in [0.05, 0.1) is 32.2 Å². The van der Waals surface area contributed by atoms with Crippen LogP contribution in [0.25, 0.3) is 5.69 Å². The van der Waals surface area contributed by atoms with Crippen LogP contribution in [0.4, 0.5) is 5.69 Å². The van der Waals surface area contributed by atoms with Crippen molar-refractivity contribution in [2.45, 2.75) is 30.8 Å². The molecule has 0 aliphatic heterocycles. The number of hydrazone groups is 1. The molecule has 4 aromatic rings. The number of thioether (sulfide) groups is 1. The van der Waals surface area contributed by atoms with Crippen molar-refractivity contribution >= 4 is 58.1 Å². The maximum atomic E-state index is 12.9. The molecular formula is C29H29IN6O5S. The summed E-state index contributed by atoms with van der Waals surface area (Å²) in [6.45, 7) is 4.20. The molecule has 218 valence electrons.